The lowest BCUT2D eigenvalue weighted by molar-refractivity contribution is -0.136. The Morgan fingerprint density at radius 3 is 2.26 bits per heavy atom. The smallest absolute Gasteiger partial charge is 0.255 e. The molecule has 3 amide bonds. The van der Waals surface area contributed by atoms with E-state index in [1.54, 1.807) is 24.0 Å². The van der Waals surface area contributed by atoms with Crippen molar-refractivity contribution in [3.05, 3.63) is 123 Å². The number of piperidine rings is 2. The van der Waals surface area contributed by atoms with Gasteiger partial charge in [0, 0.05) is 87.2 Å². The van der Waals surface area contributed by atoms with Gasteiger partial charge in [-0.2, -0.15) is 0 Å². The van der Waals surface area contributed by atoms with Crippen molar-refractivity contribution < 1.29 is 33.0 Å². The topological polar surface area (TPSA) is 106 Å². The van der Waals surface area contributed by atoms with Crippen LogP contribution < -0.4 is 15.1 Å². The third kappa shape index (κ3) is 7.25. The molecule has 4 aromatic rings. The normalized spacial score (nSPS) is 23.1. The van der Waals surface area contributed by atoms with E-state index < -0.39 is 29.7 Å². The standard InChI is InChI=1S/C45H47F2N5O5/c1-27-20-39(47)37(23-38(27)46)43-42(35-9-7-34(53)22-31(35)26-57-43)29-2-4-32(5-3-29)50-14-12-28(13-15-50)24-49-16-18-51(19-17-49)33-6-8-36-30(21-33)25-52(45(36)56)40-10-11-41(54)48-44(40)55/h2-9,20-23,28,40,42-43,53H,10-19,24-26H2,1H3,(H,48,54,55)/t40-,42+,43+/m0/s1. The summed E-state index contributed by atoms with van der Waals surface area (Å²) in [4.78, 5) is 46.2. The number of rotatable bonds is 7. The highest BCUT2D eigenvalue weighted by atomic mass is 19.1. The second-order valence-corrected chi connectivity index (χ2v) is 16.3. The van der Waals surface area contributed by atoms with E-state index in [4.69, 9.17) is 4.74 Å². The number of benzene rings is 4. The zero-order valence-corrected chi connectivity index (χ0v) is 32.1. The summed E-state index contributed by atoms with van der Waals surface area (Å²) in [5, 5.41) is 12.5. The van der Waals surface area contributed by atoms with E-state index in [0.717, 1.165) is 92.3 Å². The second kappa shape index (κ2) is 15.2. The monoisotopic (exact) mass is 775 g/mol. The number of phenols is 1. The molecule has 10 nitrogen and oxygen atoms in total. The maximum atomic E-state index is 15.3. The number of carbonyl (C=O) groups excluding carboxylic acids is 3. The molecule has 5 heterocycles. The first kappa shape index (κ1) is 37.3. The molecule has 0 spiro atoms. The highest BCUT2D eigenvalue weighted by Crippen LogP contribution is 2.47. The Morgan fingerprint density at radius 2 is 1.51 bits per heavy atom. The van der Waals surface area contributed by atoms with Gasteiger partial charge in [-0.1, -0.05) is 18.2 Å². The number of nitrogens with one attached hydrogen (secondary N) is 1. The molecule has 2 N–H and O–H groups in total. The van der Waals surface area contributed by atoms with E-state index in [1.807, 2.05) is 18.2 Å². The van der Waals surface area contributed by atoms with Gasteiger partial charge in [0.05, 0.1) is 12.7 Å². The van der Waals surface area contributed by atoms with Gasteiger partial charge >= 0.3 is 0 Å². The summed E-state index contributed by atoms with van der Waals surface area (Å²) in [5.41, 5.74) is 6.93. The Morgan fingerprint density at radius 1 is 0.772 bits per heavy atom. The third-order valence-corrected chi connectivity index (χ3v) is 12.8. The molecule has 9 rings (SSSR count). The molecule has 0 radical (unpaired) electrons. The van der Waals surface area contributed by atoms with E-state index in [0.29, 0.717) is 24.4 Å². The van der Waals surface area contributed by atoms with E-state index >= 15 is 4.39 Å². The predicted molar refractivity (Wildman–Crippen MR) is 211 cm³/mol. The molecule has 296 valence electrons. The van der Waals surface area contributed by atoms with Crippen molar-refractivity contribution in [2.75, 3.05) is 55.6 Å². The predicted octanol–water partition coefficient (Wildman–Crippen LogP) is 6.18. The lowest BCUT2D eigenvalue weighted by Gasteiger charge is -2.40. The summed E-state index contributed by atoms with van der Waals surface area (Å²) >= 11 is 0. The highest BCUT2D eigenvalue weighted by molar-refractivity contribution is 6.05. The molecule has 0 saturated carbocycles. The summed E-state index contributed by atoms with van der Waals surface area (Å²) in [5.74, 6) is -1.42. The molecule has 12 heteroatoms. The molecule has 4 aromatic carbocycles. The number of imide groups is 1. The molecule has 5 aliphatic heterocycles. The molecule has 57 heavy (non-hydrogen) atoms. The Balaban J connectivity index is 0.795. The number of aryl methyl sites for hydroxylation is 1. The summed E-state index contributed by atoms with van der Waals surface area (Å²) in [6, 6.07) is 21.4. The van der Waals surface area contributed by atoms with Crippen LogP contribution in [-0.4, -0.2) is 84.5 Å². The molecule has 0 aromatic heterocycles. The van der Waals surface area contributed by atoms with Gasteiger partial charge in [-0.15, -0.1) is 0 Å². The lowest BCUT2D eigenvalue weighted by atomic mass is 9.79. The van der Waals surface area contributed by atoms with E-state index in [1.165, 1.54) is 12.1 Å². The van der Waals surface area contributed by atoms with Crippen molar-refractivity contribution in [2.45, 2.75) is 63.8 Å². The first-order valence-electron chi connectivity index (χ1n) is 20.1. The van der Waals surface area contributed by atoms with Crippen molar-refractivity contribution in [3.63, 3.8) is 0 Å². The fourth-order valence-electron chi connectivity index (χ4n) is 9.54. The summed E-state index contributed by atoms with van der Waals surface area (Å²) in [7, 11) is 0. The lowest BCUT2D eigenvalue weighted by Crippen LogP contribution is -2.52. The van der Waals surface area contributed by atoms with Crippen molar-refractivity contribution in [1.82, 2.24) is 15.1 Å². The average molecular weight is 776 g/mol. The Hall–Kier alpha value is -5.33. The Kier molecular flexibility index (Phi) is 9.94. The van der Waals surface area contributed by atoms with Gasteiger partial charge in [-0.25, -0.2) is 8.78 Å². The zero-order chi connectivity index (χ0) is 39.4. The maximum Gasteiger partial charge on any atom is 0.255 e. The summed E-state index contributed by atoms with van der Waals surface area (Å²) in [6.07, 6.45) is 2.07. The van der Waals surface area contributed by atoms with Crippen LogP contribution in [0.2, 0.25) is 0 Å². The second-order valence-electron chi connectivity index (χ2n) is 16.3. The van der Waals surface area contributed by atoms with Crippen LogP contribution in [0.4, 0.5) is 20.2 Å². The van der Waals surface area contributed by atoms with Crippen molar-refractivity contribution in [2.24, 2.45) is 5.92 Å². The minimum Gasteiger partial charge on any atom is -0.508 e. The maximum absolute atomic E-state index is 15.3. The highest BCUT2D eigenvalue weighted by Gasteiger charge is 2.40. The molecule has 0 aliphatic carbocycles. The molecule has 0 bridgehead atoms. The SMILES string of the molecule is Cc1cc(F)c([C@H]2OCc3cc(O)ccc3[C@H]2c2ccc(N3CCC(CN4CCN(c5ccc6c(c5)CN([C@H]5CCC(=O)NC5=O)C6=O)CC4)CC3)cc2)cc1F. The van der Waals surface area contributed by atoms with E-state index in [9.17, 15) is 23.9 Å². The Bertz CT molecular complexity index is 2220. The number of halogens is 2. The minimum atomic E-state index is -0.725. The van der Waals surface area contributed by atoms with Gasteiger partial charge in [0.25, 0.3) is 5.91 Å². The number of hydrogen-bond donors (Lipinski definition) is 2. The first-order valence-corrected chi connectivity index (χ1v) is 20.1. The number of hydrogen-bond acceptors (Lipinski definition) is 8. The van der Waals surface area contributed by atoms with E-state index in [-0.39, 0.29) is 47.6 Å². The number of aromatic hydroxyl groups is 1. The van der Waals surface area contributed by atoms with Crippen molar-refractivity contribution in [3.8, 4) is 5.75 Å². The van der Waals surface area contributed by atoms with Gasteiger partial charge in [0.2, 0.25) is 11.8 Å². The molecular formula is C45H47F2N5O5. The van der Waals surface area contributed by atoms with Gasteiger partial charge < -0.3 is 24.5 Å². The molecule has 3 fully saturated rings. The molecular weight excluding hydrogens is 729 g/mol. The number of fused-ring (bicyclic) bond motifs is 2. The van der Waals surface area contributed by atoms with Gasteiger partial charge in [0.1, 0.15) is 23.4 Å². The van der Waals surface area contributed by atoms with Crippen LogP contribution in [-0.2, 0) is 27.5 Å². The first-order chi connectivity index (χ1) is 27.6. The van der Waals surface area contributed by atoms with Gasteiger partial charge in [-0.3, -0.25) is 24.6 Å². The van der Waals surface area contributed by atoms with Crippen LogP contribution in [0.25, 0.3) is 0 Å². The van der Waals surface area contributed by atoms with Crippen LogP contribution in [0.5, 0.6) is 5.75 Å². The molecule has 3 saturated heterocycles. The quantitative estimate of drug-likeness (QED) is 0.215. The van der Waals surface area contributed by atoms with Crippen molar-refractivity contribution >= 4 is 29.1 Å². The van der Waals surface area contributed by atoms with Crippen molar-refractivity contribution in [1.29, 1.82) is 0 Å². The molecule has 5 aliphatic rings. The van der Waals surface area contributed by atoms with Gasteiger partial charge in [0.15, 0.2) is 0 Å². The fraction of sp³-hybridized carbons (Fsp3) is 0.400. The van der Waals surface area contributed by atoms with Crippen LogP contribution >= 0.6 is 0 Å². The number of piperazine rings is 1. The number of amides is 3. The fourth-order valence-corrected chi connectivity index (χ4v) is 9.54. The number of phenolic OH excluding ortho intramolecular Hbond substituents is 1. The summed E-state index contributed by atoms with van der Waals surface area (Å²) < 4.78 is 36.3. The van der Waals surface area contributed by atoms with Crippen LogP contribution in [0.1, 0.15) is 81.4 Å². The van der Waals surface area contributed by atoms with Crippen LogP contribution in [0.3, 0.4) is 0 Å². The summed E-state index contributed by atoms with van der Waals surface area (Å²) in [6.45, 7) is 8.83. The number of nitrogens with zero attached hydrogens (tertiary/aromatic N) is 4. The number of ether oxygens (including phenoxy) is 1. The average Bonchev–Trinajstić information content (AvgIpc) is 3.54. The van der Waals surface area contributed by atoms with Gasteiger partial charge in [-0.05, 0) is 115 Å². The molecule has 0 unspecified atom stereocenters. The largest absolute Gasteiger partial charge is 0.508 e. The third-order valence-electron chi connectivity index (χ3n) is 12.8. The number of carbonyl (C=O) groups is 3. The zero-order valence-electron chi connectivity index (χ0n) is 32.1. The minimum absolute atomic E-state index is 0.139. The molecule has 3 atom stereocenters. The Labute approximate surface area is 331 Å². The van der Waals surface area contributed by atoms with Crippen LogP contribution in [0.15, 0.2) is 72.8 Å². The van der Waals surface area contributed by atoms with Crippen LogP contribution in [0, 0.1) is 24.5 Å². The van der Waals surface area contributed by atoms with E-state index in [2.05, 4.69) is 50.3 Å². The number of anilines is 2.